The number of rotatable bonds is 4. The number of hydrogen-bond acceptors (Lipinski definition) is 3. The third kappa shape index (κ3) is 3.79. The zero-order valence-electron chi connectivity index (χ0n) is 11.5. The van der Waals surface area contributed by atoms with Crippen molar-refractivity contribution in [2.45, 2.75) is 39.0 Å². The van der Waals surface area contributed by atoms with Crippen LogP contribution < -0.4 is 10.5 Å². The molecule has 0 saturated heterocycles. The lowest BCUT2D eigenvalue weighted by Crippen LogP contribution is -2.28. The Balaban J connectivity index is 3.32. The van der Waals surface area contributed by atoms with Gasteiger partial charge in [-0.1, -0.05) is 12.1 Å². The summed E-state index contributed by atoms with van der Waals surface area (Å²) in [4.78, 5) is 0. The highest BCUT2D eigenvalue weighted by Crippen LogP contribution is 2.33. The maximum atomic E-state index is 12.7. The van der Waals surface area contributed by atoms with E-state index in [0.717, 1.165) is 12.1 Å². The van der Waals surface area contributed by atoms with E-state index in [1.54, 1.807) is 13.8 Å². The van der Waals surface area contributed by atoms with Crippen LogP contribution in [0.25, 0.3) is 0 Å². The maximum absolute atomic E-state index is 12.7. The predicted molar refractivity (Wildman–Crippen MR) is 69.0 cm³/mol. The third-order valence-corrected chi connectivity index (χ3v) is 2.93. The number of oxime groups is 1. The number of nitrogens with two attached hydrogens (primary N) is 1. The van der Waals surface area contributed by atoms with Crippen molar-refractivity contribution < 1.29 is 23.1 Å². The zero-order chi connectivity index (χ0) is 15.6. The van der Waals surface area contributed by atoms with Crippen molar-refractivity contribution >= 4 is 5.84 Å². The molecule has 0 bridgehead atoms. The van der Waals surface area contributed by atoms with Crippen molar-refractivity contribution in [2.75, 3.05) is 0 Å². The van der Waals surface area contributed by atoms with Crippen molar-refractivity contribution in [3.05, 3.63) is 29.3 Å². The van der Waals surface area contributed by atoms with E-state index in [9.17, 15) is 13.2 Å². The Hall–Kier alpha value is -1.92. The minimum atomic E-state index is -4.51. The molecule has 3 N–H and O–H groups in total. The van der Waals surface area contributed by atoms with E-state index in [1.165, 1.54) is 6.07 Å². The van der Waals surface area contributed by atoms with E-state index in [2.05, 4.69) is 5.16 Å². The van der Waals surface area contributed by atoms with Crippen LogP contribution in [0.5, 0.6) is 5.75 Å². The van der Waals surface area contributed by atoms with Gasteiger partial charge in [-0.3, -0.25) is 0 Å². The largest absolute Gasteiger partial charge is 0.487 e. The van der Waals surface area contributed by atoms with E-state index in [-0.39, 0.29) is 11.3 Å². The fourth-order valence-corrected chi connectivity index (χ4v) is 1.42. The molecule has 0 heterocycles. The lowest BCUT2D eigenvalue weighted by molar-refractivity contribution is -0.137. The molecule has 0 aliphatic carbocycles. The van der Waals surface area contributed by atoms with Crippen molar-refractivity contribution in [1.82, 2.24) is 0 Å². The number of nitrogens with zero attached hydrogens (tertiary/aromatic N) is 1. The molecule has 1 aromatic rings. The van der Waals surface area contributed by atoms with E-state index >= 15 is 0 Å². The van der Waals surface area contributed by atoms with Crippen LogP contribution in [0.2, 0.25) is 0 Å². The number of alkyl halides is 3. The summed E-state index contributed by atoms with van der Waals surface area (Å²) in [5, 5.41) is 11.4. The first-order chi connectivity index (χ1) is 9.10. The molecule has 0 amide bonds. The summed E-state index contributed by atoms with van der Waals surface area (Å²) in [5.41, 5.74) is 3.86. The van der Waals surface area contributed by atoms with Gasteiger partial charge < -0.3 is 15.7 Å². The van der Waals surface area contributed by atoms with Crippen molar-refractivity contribution in [3.63, 3.8) is 0 Å². The van der Waals surface area contributed by atoms with Gasteiger partial charge in [0.25, 0.3) is 0 Å². The first kappa shape index (κ1) is 16.1. The second-order valence-electron chi connectivity index (χ2n) is 4.91. The first-order valence-corrected chi connectivity index (χ1v) is 5.99. The summed E-state index contributed by atoms with van der Waals surface area (Å²) < 4.78 is 43.7. The SMILES string of the molecule is CCC(C)(C)Oc1ccc(C(F)(F)F)cc1/C(N)=N/O. The summed E-state index contributed by atoms with van der Waals surface area (Å²) in [6, 6.07) is 2.87. The molecule has 0 aliphatic heterocycles. The molecule has 0 fully saturated rings. The Bertz CT molecular complexity index is 511. The van der Waals surface area contributed by atoms with Gasteiger partial charge in [0.2, 0.25) is 0 Å². The minimum Gasteiger partial charge on any atom is -0.487 e. The normalized spacial score (nSPS) is 13.4. The van der Waals surface area contributed by atoms with E-state index in [0.29, 0.717) is 6.42 Å². The Morgan fingerprint density at radius 3 is 2.40 bits per heavy atom. The Labute approximate surface area is 115 Å². The van der Waals surface area contributed by atoms with Crippen LogP contribution >= 0.6 is 0 Å². The molecular formula is C13H17F3N2O2. The first-order valence-electron chi connectivity index (χ1n) is 5.99. The van der Waals surface area contributed by atoms with Crippen molar-refractivity contribution in [3.8, 4) is 5.75 Å². The molecule has 0 saturated carbocycles. The van der Waals surface area contributed by atoms with Gasteiger partial charge in [-0.15, -0.1) is 0 Å². The van der Waals surface area contributed by atoms with Gasteiger partial charge in [-0.2, -0.15) is 13.2 Å². The van der Waals surface area contributed by atoms with Crippen LogP contribution in [-0.4, -0.2) is 16.6 Å². The Morgan fingerprint density at radius 2 is 1.95 bits per heavy atom. The highest BCUT2D eigenvalue weighted by atomic mass is 19.4. The quantitative estimate of drug-likeness (QED) is 0.386. The highest BCUT2D eigenvalue weighted by Gasteiger charge is 2.32. The number of hydrogen-bond donors (Lipinski definition) is 2. The molecular weight excluding hydrogens is 273 g/mol. The van der Waals surface area contributed by atoms with Crippen LogP contribution in [0.4, 0.5) is 13.2 Å². The fourth-order valence-electron chi connectivity index (χ4n) is 1.42. The van der Waals surface area contributed by atoms with Crippen LogP contribution in [0.15, 0.2) is 23.4 Å². The van der Waals surface area contributed by atoms with Gasteiger partial charge in [0.05, 0.1) is 11.1 Å². The molecule has 0 atom stereocenters. The summed E-state index contributed by atoms with van der Waals surface area (Å²) in [5.74, 6) is -0.293. The molecule has 0 spiro atoms. The summed E-state index contributed by atoms with van der Waals surface area (Å²) in [6.45, 7) is 5.47. The number of ether oxygens (including phenoxy) is 1. The molecule has 0 aliphatic rings. The summed E-state index contributed by atoms with van der Waals surface area (Å²) in [7, 11) is 0. The molecule has 0 aromatic heterocycles. The average Bonchev–Trinajstić information content (AvgIpc) is 2.36. The molecule has 112 valence electrons. The topological polar surface area (TPSA) is 67.8 Å². The molecule has 0 radical (unpaired) electrons. The van der Waals surface area contributed by atoms with Crippen LogP contribution in [-0.2, 0) is 6.18 Å². The second-order valence-corrected chi connectivity index (χ2v) is 4.91. The van der Waals surface area contributed by atoms with Gasteiger partial charge in [-0.05, 0) is 38.5 Å². The summed E-state index contributed by atoms with van der Waals surface area (Å²) >= 11 is 0. The van der Waals surface area contributed by atoms with Crippen molar-refractivity contribution in [2.24, 2.45) is 10.9 Å². The van der Waals surface area contributed by atoms with E-state index < -0.39 is 23.2 Å². The van der Waals surface area contributed by atoms with Gasteiger partial charge in [0.15, 0.2) is 5.84 Å². The monoisotopic (exact) mass is 290 g/mol. The van der Waals surface area contributed by atoms with Gasteiger partial charge in [0.1, 0.15) is 11.4 Å². The van der Waals surface area contributed by atoms with E-state index in [4.69, 9.17) is 15.7 Å². The average molecular weight is 290 g/mol. The van der Waals surface area contributed by atoms with Crippen LogP contribution in [0.3, 0.4) is 0 Å². The fraction of sp³-hybridized carbons (Fsp3) is 0.462. The lowest BCUT2D eigenvalue weighted by atomic mass is 10.0. The number of amidine groups is 1. The van der Waals surface area contributed by atoms with Gasteiger partial charge in [-0.25, -0.2) is 0 Å². The lowest BCUT2D eigenvalue weighted by Gasteiger charge is -2.26. The summed E-state index contributed by atoms with van der Waals surface area (Å²) in [6.07, 6.45) is -3.87. The molecule has 20 heavy (non-hydrogen) atoms. The molecule has 1 rings (SSSR count). The van der Waals surface area contributed by atoms with Crippen molar-refractivity contribution in [1.29, 1.82) is 0 Å². The smallest absolute Gasteiger partial charge is 0.416 e. The van der Waals surface area contributed by atoms with Gasteiger partial charge >= 0.3 is 6.18 Å². The number of benzene rings is 1. The molecule has 1 aromatic carbocycles. The molecule has 7 heteroatoms. The third-order valence-electron chi connectivity index (χ3n) is 2.93. The Kier molecular flexibility index (Phi) is 4.52. The Morgan fingerprint density at radius 1 is 1.35 bits per heavy atom. The zero-order valence-corrected chi connectivity index (χ0v) is 11.5. The predicted octanol–water partition coefficient (Wildman–Crippen LogP) is 3.37. The van der Waals surface area contributed by atoms with Crippen LogP contribution in [0.1, 0.15) is 38.3 Å². The van der Waals surface area contributed by atoms with E-state index in [1.807, 2.05) is 6.92 Å². The molecule has 0 unspecified atom stereocenters. The standard InChI is InChI=1S/C13H17F3N2O2/c1-4-12(2,3)20-10-6-5-8(13(14,15)16)7-9(10)11(17)18-19/h5-7,19H,4H2,1-3H3,(H2,17,18). The molecule has 4 nitrogen and oxygen atoms in total. The van der Waals surface area contributed by atoms with Crippen LogP contribution in [0, 0.1) is 0 Å². The second kappa shape index (κ2) is 5.60. The van der Waals surface area contributed by atoms with Gasteiger partial charge in [0, 0.05) is 0 Å². The number of halogens is 3. The minimum absolute atomic E-state index is 0.0937. The highest BCUT2D eigenvalue weighted by molar-refractivity contribution is 5.99. The maximum Gasteiger partial charge on any atom is 0.416 e.